The van der Waals surface area contributed by atoms with Crippen LogP contribution < -0.4 is 10.6 Å². The molecule has 2 N–H and O–H groups in total. The number of fused-ring (bicyclic) bond motifs is 4. The molecule has 2 bridgehead atoms. The average Bonchev–Trinajstić information content (AvgIpc) is 3.61. The highest BCUT2D eigenvalue weighted by molar-refractivity contribution is 9.10. The summed E-state index contributed by atoms with van der Waals surface area (Å²) in [6.45, 7) is 8.25. The van der Waals surface area contributed by atoms with Gasteiger partial charge in [0.1, 0.15) is 17.9 Å². The molecule has 0 aromatic heterocycles. The molecule has 2 aromatic carbocycles. The molecule has 4 aliphatic rings. The highest BCUT2D eigenvalue weighted by Gasteiger charge is 2.46. The van der Waals surface area contributed by atoms with E-state index in [2.05, 4.69) is 36.6 Å². The Morgan fingerprint density at radius 2 is 1.87 bits per heavy atom. The smallest absolute Gasteiger partial charge is 0.410 e. The van der Waals surface area contributed by atoms with Gasteiger partial charge in [-0.2, -0.15) is 0 Å². The average molecular weight is 580 g/mol. The van der Waals surface area contributed by atoms with E-state index in [9.17, 15) is 9.59 Å². The third-order valence-corrected chi connectivity index (χ3v) is 7.76. The normalized spacial score (nSPS) is 24.9. The second-order valence-electron chi connectivity index (χ2n) is 11.0. The van der Waals surface area contributed by atoms with Gasteiger partial charge in [0.2, 0.25) is 0 Å². The van der Waals surface area contributed by atoms with E-state index in [0.29, 0.717) is 42.7 Å². The summed E-state index contributed by atoms with van der Waals surface area (Å²) in [4.78, 5) is 35.6. The number of piperazine rings is 1. The van der Waals surface area contributed by atoms with Crippen LogP contribution in [0.1, 0.15) is 38.3 Å². The SMILES string of the molecule is CC(C)(C)OC(=O)N1C[C@@H]2C[C@H]1CN2CCO/N=C1/C(=C2/C(=O)Nc3ccc(Br)cc32)Nc2ccccc21. The van der Waals surface area contributed by atoms with Gasteiger partial charge in [-0.15, -0.1) is 0 Å². The Bertz CT molecular complexity index is 1380. The van der Waals surface area contributed by atoms with E-state index in [-0.39, 0.29) is 18.0 Å². The number of allylic oxidation sites excluding steroid dienone is 1. The van der Waals surface area contributed by atoms with Crippen molar-refractivity contribution < 1.29 is 19.2 Å². The number of ether oxygens (including phenoxy) is 1. The fourth-order valence-corrected chi connectivity index (χ4v) is 5.99. The molecule has 4 aliphatic heterocycles. The van der Waals surface area contributed by atoms with Crippen LogP contribution in [0.3, 0.4) is 0 Å². The lowest BCUT2D eigenvalue weighted by Gasteiger charge is -2.34. The van der Waals surface area contributed by atoms with Crippen molar-refractivity contribution in [1.82, 2.24) is 9.80 Å². The number of hydrogen-bond acceptors (Lipinski definition) is 7. The fourth-order valence-electron chi connectivity index (χ4n) is 5.63. The van der Waals surface area contributed by atoms with Crippen LogP contribution in [0, 0.1) is 0 Å². The third-order valence-electron chi connectivity index (χ3n) is 7.26. The predicted octanol–water partition coefficient (Wildman–Crippen LogP) is 4.65. The zero-order valence-corrected chi connectivity index (χ0v) is 23.2. The Morgan fingerprint density at radius 1 is 1.08 bits per heavy atom. The van der Waals surface area contributed by atoms with Crippen LogP contribution in [0.2, 0.25) is 0 Å². The number of oxime groups is 1. The topological polar surface area (TPSA) is 95.5 Å². The summed E-state index contributed by atoms with van der Waals surface area (Å²) >= 11 is 3.52. The van der Waals surface area contributed by atoms with Crippen LogP contribution in [0.15, 0.2) is 57.8 Å². The molecule has 198 valence electrons. The van der Waals surface area contributed by atoms with Crippen molar-refractivity contribution in [3.63, 3.8) is 0 Å². The molecule has 0 spiro atoms. The van der Waals surface area contributed by atoms with Crippen molar-refractivity contribution in [2.45, 2.75) is 44.9 Å². The lowest BCUT2D eigenvalue weighted by molar-refractivity contribution is -0.110. The number of nitrogens with one attached hydrogen (secondary N) is 2. The number of nitrogens with zero attached hydrogens (tertiary/aromatic N) is 3. The molecule has 0 saturated carbocycles. The maximum Gasteiger partial charge on any atom is 0.410 e. The lowest BCUT2D eigenvalue weighted by Crippen LogP contribution is -2.50. The van der Waals surface area contributed by atoms with Crippen molar-refractivity contribution in [3.05, 3.63) is 63.8 Å². The molecule has 6 rings (SSSR count). The molecule has 2 amide bonds. The Balaban J connectivity index is 1.16. The van der Waals surface area contributed by atoms with E-state index in [1.165, 1.54) is 0 Å². The van der Waals surface area contributed by atoms with Crippen molar-refractivity contribution in [2.75, 3.05) is 36.9 Å². The van der Waals surface area contributed by atoms with Crippen molar-refractivity contribution >= 4 is 50.6 Å². The van der Waals surface area contributed by atoms with Gasteiger partial charge in [0, 0.05) is 58.7 Å². The highest BCUT2D eigenvalue weighted by Crippen LogP contribution is 2.40. The number of carbonyl (C=O) groups excluding carboxylic acids is 2. The summed E-state index contributed by atoms with van der Waals surface area (Å²) in [5.74, 6) is -0.177. The van der Waals surface area contributed by atoms with Gasteiger partial charge in [0.05, 0.1) is 11.3 Å². The first kappa shape index (κ1) is 24.9. The van der Waals surface area contributed by atoms with Gasteiger partial charge in [-0.1, -0.05) is 39.3 Å². The predicted molar refractivity (Wildman–Crippen MR) is 149 cm³/mol. The monoisotopic (exact) mass is 579 g/mol. The molecule has 10 heteroatoms. The Labute approximate surface area is 230 Å². The maximum atomic E-state index is 13.0. The molecule has 0 aliphatic carbocycles. The molecule has 2 fully saturated rings. The second-order valence-corrected chi connectivity index (χ2v) is 11.9. The molecular formula is C28H30BrN5O4. The first-order chi connectivity index (χ1) is 18.2. The number of hydrogen-bond donors (Lipinski definition) is 2. The van der Waals surface area contributed by atoms with Gasteiger partial charge in [-0.05, 0) is 51.5 Å². The van der Waals surface area contributed by atoms with E-state index in [1.54, 1.807) is 0 Å². The van der Waals surface area contributed by atoms with Gasteiger partial charge in [0.15, 0.2) is 0 Å². The number of para-hydroxylation sites is 1. The zero-order valence-electron chi connectivity index (χ0n) is 21.6. The number of rotatable bonds is 4. The molecule has 2 atom stereocenters. The zero-order chi connectivity index (χ0) is 26.6. The van der Waals surface area contributed by atoms with Crippen LogP contribution in [0.25, 0.3) is 5.57 Å². The summed E-state index contributed by atoms with van der Waals surface area (Å²) in [6, 6.07) is 14.0. The number of halogens is 1. The summed E-state index contributed by atoms with van der Waals surface area (Å²) in [6.07, 6.45) is 0.718. The van der Waals surface area contributed by atoms with Crippen LogP contribution in [-0.4, -0.2) is 71.4 Å². The van der Waals surface area contributed by atoms with Gasteiger partial charge >= 0.3 is 6.09 Å². The van der Waals surface area contributed by atoms with E-state index in [0.717, 1.165) is 39.9 Å². The Kier molecular flexibility index (Phi) is 6.19. The van der Waals surface area contributed by atoms with Gasteiger partial charge < -0.3 is 25.1 Å². The number of anilines is 2. The summed E-state index contributed by atoms with van der Waals surface area (Å²) < 4.78 is 6.46. The first-order valence-electron chi connectivity index (χ1n) is 12.8. The van der Waals surface area contributed by atoms with Crippen molar-refractivity contribution in [2.24, 2.45) is 5.16 Å². The fraction of sp³-hybridized carbons (Fsp3) is 0.393. The third kappa shape index (κ3) is 4.56. The number of benzene rings is 2. The molecule has 2 saturated heterocycles. The molecule has 2 aromatic rings. The van der Waals surface area contributed by atoms with Gasteiger partial charge in [0.25, 0.3) is 5.91 Å². The number of likely N-dealkylation sites (tertiary alicyclic amines) is 2. The standard InChI is InChI=1S/C28H30BrN5O4/c1-28(2,3)38-27(36)34-15-17-13-18(34)14-33(17)10-11-37-32-24-19-6-4-5-7-21(19)30-25(24)23-20-12-16(29)8-9-22(20)31-26(23)35/h4-9,12,17-18,30H,10-11,13-15H2,1-3H3,(H,31,35)/b25-23-,32-24+/t17-,18-/m0/s1. The quantitative estimate of drug-likeness (QED) is 0.311. The van der Waals surface area contributed by atoms with E-state index < -0.39 is 5.60 Å². The van der Waals surface area contributed by atoms with Crippen LogP contribution >= 0.6 is 15.9 Å². The minimum Gasteiger partial charge on any atom is -0.444 e. The molecule has 4 heterocycles. The summed E-state index contributed by atoms with van der Waals surface area (Å²) in [5.41, 5.74) is 4.64. The molecule has 9 nitrogen and oxygen atoms in total. The van der Waals surface area contributed by atoms with E-state index in [4.69, 9.17) is 9.57 Å². The summed E-state index contributed by atoms with van der Waals surface area (Å²) in [5, 5.41) is 10.9. The lowest BCUT2D eigenvalue weighted by atomic mass is 10.0. The second kappa shape index (κ2) is 9.43. The largest absolute Gasteiger partial charge is 0.444 e. The highest BCUT2D eigenvalue weighted by atomic mass is 79.9. The Morgan fingerprint density at radius 3 is 2.63 bits per heavy atom. The number of carbonyl (C=O) groups is 2. The van der Waals surface area contributed by atoms with E-state index in [1.807, 2.05) is 68.1 Å². The van der Waals surface area contributed by atoms with Crippen LogP contribution in [-0.2, 0) is 14.4 Å². The van der Waals surface area contributed by atoms with Gasteiger partial charge in [-0.25, -0.2) is 4.79 Å². The van der Waals surface area contributed by atoms with E-state index >= 15 is 0 Å². The summed E-state index contributed by atoms with van der Waals surface area (Å²) in [7, 11) is 0. The van der Waals surface area contributed by atoms with Crippen molar-refractivity contribution in [3.8, 4) is 0 Å². The van der Waals surface area contributed by atoms with Crippen LogP contribution in [0.5, 0.6) is 0 Å². The number of amides is 2. The van der Waals surface area contributed by atoms with Gasteiger partial charge in [-0.3, -0.25) is 9.69 Å². The van der Waals surface area contributed by atoms with Crippen LogP contribution in [0.4, 0.5) is 16.2 Å². The molecular weight excluding hydrogens is 550 g/mol. The minimum absolute atomic E-state index is 0.170. The minimum atomic E-state index is -0.495. The maximum absolute atomic E-state index is 13.0. The Hall–Kier alpha value is -3.37. The first-order valence-corrected chi connectivity index (χ1v) is 13.6. The molecule has 0 unspecified atom stereocenters. The van der Waals surface area contributed by atoms with Crippen molar-refractivity contribution in [1.29, 1.82) is 0 Å². The molecule has 0 radical (unpaired) electrons. The molecule has 38 heavy (non-hydrogen) atoms.